The zero-order chi connectivity index (χ0) is 13.3. The van der Waals surface area contributed by atoms with Gasteiger partial charge in [-0.25, -0.2) is 9.59 Å². The molecule has 0 aliphatic heterocycles. The van der Waals surface area contributed by atoms with Crippen LogP contribution in [0.2, 0.25) is 0 Å². The second-order valence-corrected chi connectivity index (χ2v) is 5.70. The van der Waals surface area contributed by atoms with Crippen LogP contribution in [0.5, 0.6) is 0 Å². The van der Waals surface area contributed by atoms with Gasteiger partial charge in [-0.3, -0.25) is 0 Å². The van der Waals surface area contributed by atoms with Crippen LogP contribution in [0.25, 0.3) is 0 Å². The predicted octanol–water partition coefficient (Wildman–Crippen LogP) is 2.15. The van der Waals surface area contributed by atoms with Crippen molar-refractivity contribution >= 4 is 12.1 Å². The first kappa shape index (κ1) is 13.8. The Kier molecular flexibility index (Phi) is 3.69. The summed E-state index contributed by atoms with van der Waals surface area (Å²) in [5, 5.41) is 11.8. The number of aliphatic carboxylic acids is 1. The van der Waals surface area contributed by atoms with Crippen molar-refractivity contribution in [2.45, 2.75) is 58.1 Å². The van der Waals surface area contributed by atoms with Gasteiger partial charge in [0.1, 0.15) is 11.1 Å². The van der Waals surface area contributed by atoms with Crippen molar-refractivity contribution in [2.75, 3.05) is 0 Å². The molecule has 0 spiro atoms. The van der Waals surface area contributed by atoms with Gasteiger partial charge in [-0.1, -0.05) is 13.3 Å². The molecule has 0 aromatic rings. The number of hydrogen-bond donors (Lipinski definition) is 2. The molecule has 1 aliphatic carbocycles. The van der Waals surface area contributed by atoms with Crippen LogP contribution in [0.4, 0.5) is 4.79 Å². The second-order valence-electron chi connectivity index (χ2n) is 5.70. The maximum atomic E-state index is 11.7. The summed E-state index contributed by atoms with van der Waals surface area (Å²) < 4.78 is 5.11. The van der Waals surface area contributed by atoms with Crippen LogP contribution < -0.4 is 5.32 Å². The van der Waals surface area contributed by atoms with Gasteiger partial charge in [0.15, 0.2) is 0 Å². The summed E-state index contributed by atoms with van der Waals surface area (Å²) in [6.45, 7) is 7.09. The maximum Gasteiger partial charge on any atom is 0.408 e. The van der Waals surface area contributed by atoms with E-state index in [0.717, 1.165) is 12.8 Å². The first-order valence-electron chi connectivity index (χ1n) is 5.92. The fourth-order valence-corrected chi connectivity index (χ4v) is 2.22. The highest BCUT2D eigenvalue weighted by atomic mass is 16.6. The Balaban J connectivity index is 2.75. The molecular formula is C12H21NO4. The van der Waals surface area contributed by atoms with Gasteiger partial charge < -0.3 is 15.2 Å². The average molecular weight is 243 g/mol. The summed E-state index contributed by atoms with van der Waals surface area (Å²) in [5.41, 5.74) is -1.78. The van der Waals surface area contributed by atoms with Crippen molar-refractivity contribution in [1.29, 1.82) is 0 Å². The molecule has 1 saturated carbocycles. The van der Waals surface area contributed by atoms with E-state index in [1.807, 2.05) is 6.92 Å². The SMILES string of the molecule is CC1CCCC1(NC(=O)OC(C)(C)C)C(=O)O. The Morgan fingerprint density at radius 3 is 2.35 bits per heavy atom. The molecule has 1 rings (SSSR count). The summed E-state index contributed by atoms with van der Waals surface area (Å²) in [6.07, 6.45) is 1.42. The Bertz CT molecular complexity index is 321. The van der Waals surface area contributed by atoms with Crippen LogP contribution in [-0.4, -0.2) is 28.3 Å². The number of hydrogen-bond acceptors (Lipinski definition) is 3. The van der Waals surface area contributed by atoms with Gasteiger partial charge >= 0.3 is 12.1 Å². The van der Waals surface area contributed by atoms with Crippen LogP contribution in [-0.2, 0) is 9.53 Å². The monoisotopic (exact) mass is 243 g/mol. The van der Waals surface area contributed by atoms with Crippen molar-refractivity contribution in [3.63, 3.8) is 0 Å². The van der Waals surface area contributed by atoms with Crippen LogP contribution in [0.15, 0.2) is 0 Å². The Morgan fingerprint density at radius 1 is 1.41 bits per heavy atom. The molecular weight excluding hydrogens is 222 g/mol. The largest absolute Gasteiger partial charge is 0.479 e. The van der Waals surface area contributed by atoms with Gasteiger partial charge in [0, 0.05) is 0 Å². The zero-order valence-electron chi connectivity index (χ0n) is 10.9. The summed E-state index contributed by atoms with van der Waals surface area (Å²) in [5.74, 6) is -1.05. The minimum absolute atomic E-state index is 0.0764. The lowest BCUT2D eigenvalue weighted by Gasteiger charge is -2.31. The molecule has 0 radical (unpaired) electrons. The number of carboxylic acids is 1. The minimum atomic E-state index is -1.16. The lowest BCUT2D eigenvalue weighted by atomic mass is 9.88. The Labute approximate surface area is 102 Å². The number of alkyl carbamates (subject to hydrolysis) is 1. The molecule has 0 bridgehead atoms. The highest BCUT2D eigenvalue weighted by Gasteiger charge is 2.48. The van der Waals surface area contributed by atoms with E-state index in [9.17, 15) is 14.7 Å². The molecule has 5 heteroatoms. The van der Waals surface area contributed by atoms with E-state index in [1.165, 1.54) is 0 Å². The van der Waals surface area contributed by atoms with Gasteiger partial charge in [-0.15, -0.1) is 0 Å². The van der Waals surface area contributed by atoms with Crippen LogP contribution in [0.1, 0.15) is 47.0 Å². The first-order chi connectivity index (χ1) is 7.67. The van der Waals surface area contributed by atoms with Gasteiger partial charge in [-0.2, -0.15) is 0 Å². The molecule has 0 heterocycles. The molecule has 1 fully saturated rings. The summed E-state index contributed by atoms with van der Waals surface area (Å²) in [6, 6.07) is 0. The molecule has 2 unspecified atom stereocenters. The third-order valence-corrected chi connectivity index (χ3v) is 3.16. The van der Waals surface area contributed by atoms with Crippen molar-refractivity contribution in [1.82, 2.24) is 5.32 Å². The van der Waals surface area contributed by atoms with Crippen molar-refractivity contribution in [3.05, 3.63) is 0 Å². The van der Waals surface area contributed by atoms with Crippen LogP contribution in [0, 0.1) is 5.92 Å². The van der Waals surface area contributed by atoms with E-state index in [-0.39, 0.29) is 5.92 Å². The number of carbonyl (C=O) groups is 2. The minimum Gasteiger partial charge on any atom is -0.479 e. The van der Waals surface area contributed by atoms with Gasteiger partial charge in [0.05, 0.1) is 0 Å². The first-order valence-corrected chi connectivity index (χ1v) is 5.92. The summed E-state index contributed by atoms with van der Waals surface area (Å²) >= 11 is 0. The van der Waals surface area contributed by atoms with E-state index in [2.05, 4.69) is 5.32 Å². The summed E-state index contributed by atoms with van der Waals surface area (Å²) in [7, 11) is 0. The highest BCUT2D eigenvalue weighted by Crippen LogP contribution is 2.35. The van der Waals surface area contributed by atoms with Crippen LogP contribution >= 0.6 is 0 Å². The zero-order valence-corrected chi connectivity index (χ0v) is 10.9. The molecule has 98 valence electrons. The van der Waals surface area contributed by atoms with Gasteiger partial charge in [-0.05, 0) is 39.5 Å². The number of rotatable bonds is 2. The molecule has 0 aromatic carbocycles. The number of ether oxygens (including phenoxy) is 1. The van der Waals surface area contributed by atoms with Crippen LogP contribution in [0.3, 0.4) is 0 Å². The van der Waals surface area contributed by atoms with Gasteiger partial charge in [0.25, 0.3) is 0 Å². The van der Waals surface area contributed by atoms with E-state index >= 15 is 0 Å². The Hall–Kier alpha value is -1.26. The maximum absolute atomic E-state index is 11.7. The molecule has 17 heavy (non-hydrogen) atoms. The molecule has 0 saturated heterocycles. The number of carboxylic acid groups (broad SMARTS) is 1. The van der Waals surface area contributed by atoms with E-state index in [0.29, 0.717) is 6.42 Å². The Morgan fingerprint density at radius 2 is 2.00 bits per heavy atom. The standard InChI is InChI=1S/C12H21NO4/c1-8-6-5-7-12(8,9(14)15)13-10(16)17-11(2,3)4/h8H,5-7H2,1-4H3,(H,13,16)(H,14,15). The average Bonchev–Trinajstić information content (AvgIpc) is 2.45. The lowest BCUT2D eigenvalue weighted by molar-refractivity contribution is -0.146. The topological polar surface area (TPSA) is 75.6 Å². The molecule has 1 amide bonds. The van der Waals surface area contributed by atoms with E-state index < -0.39 is 23.2 Å². The van der Waals surface area contributed by atoms with Crippen molar-refractivity contribution < 1.29 is 19.4 Å². The number of amides is 1. The smallest absolute Gasteiger partial charge is 0.408 e. The fourth-order valence-electron chi connectivity index (χ4n) is 2.22. The van der Waals surface area contributed by atoms with Crippen molar-refractivity contribution in [2.24, 2.45) is 5.92 Å². The third kappa shape index (κ3) is 3.11. The fraction of sp³-hybridized carbons (Fsp3) is 0.833. The number of carbonyl (C=O) groups excluding carboxylic acids is 1. The lowest BCUT2D eigenvalue weighted by Crippen LogP contribution is -2.57. The second kappa shape index (κ2) is 4.55. The molecule has 5 nitrogen and oxygen atoms in total. The van der Waals surface area contributed by atoms with E-state index in [4.69, 9.17) is 4.74 Å². The highest BCUT2D eigenvalue weighted by molar-refractivity contribution is 5.85. The number of nitrogens with one attached hydrogen (secondary N) is 1. The predicted molar refractivity (Wildman–Crippen MR) is 62.8 cm³/mol. The third-order valence-electron chi connectivity index (χ3n) is 3.16. The van der Waals surface area contributed by atoms with Crippen molar-refractivity contribution in [3.8, 4) is 0 Å². The van der Waals surface area contributed by atoms with Gasteiger partial charge in [0.2, 0.25) is 0 Å². The quantitative estimate of drug-likeness (QED) is 0.779. The molecule has 2 atom stereocenters. The molecule has 0 aromatic heterocycles. The van der Waals surface area contributed by atoms with E-state index in [1.54, 1.807) is 20.8 Å². The normalized spacial score (nSPS) is 28.8. The molecule has 2 N–H and O–H groups in total. The summed E-state index contributed by atoms with van der Waals surface area (Å²) in [4.78, 5) is 23.0. The molecule has 1 aliphatic rings.